The van der Waals surface area contributed by atoms with Crippen LogP contribution >= 0.6 is 0 Å². The van der Waals surface area contributed by atoms with E-state index in [0.29, 0.717) is 6.42 Å². The number of fused-ring (bicyclic) bond motifs is 3. The highest BCUT2D eigenvalue weighted by molar-refractivity contribution is 6.16. The Hall–Kier alpha value is -3.40. The first-order chi connectivity index (χ1) is 16.2. The number of hydrogen-bond acceptors (Lipinski definition) is 3. The van der Waals surface area contributed by atoms with E-state index in [2.05, 4.69) is 81.5 Å². The summed E-state index contributed by atoms with van der Waals surface area (Å²) in [6.45, 7) is 11.5. The van der Waals surface area contributed by atoms with Gasteiger partial charge in [0, 0.05) is 47.2 Å². The quantitative estimate of drug-likeness (QED) is 0.488. The highest BCUT2D eigenvalue weighted by Crippen LogP contribution is 2.44. The molecule has 3 aromatic carbocycles. The minimum Gasteiger partial charge on any atom is -0.487 e. The van der Waals surface area contributed by atoms with Crippen LogP contribution in [-0.2, 0) is 16.6 Å². The molecule has 2 aliphatic heterocycles. The number of hydrogen-bond donors (Lipinski definition) is 1. The maximum absolute atomic E-state index is 11.7. The molecule has 34 heavy (non-hydrogen) atoms. The summed E-state index contributed by atoms with van der Waals surface area (Å²) in [6.07, 6.45) is 1.35. The van der Waals surface area contributed by atoms with Crippen LogP contribution in [0.15, 0.2) is 65.7 Å². The Balaban J connectivity index is 1.55. The van der Waals surface area contributed by atoms with E-state index < -0.39 is 0 Å². The van der Waals surface area contributed by atoms with Crippen molar-refractivity contribution in [2.45, 2.75) is 58.5 Å². The van der Waals surface area contributed by atoms with E-state index >= 15 is 0 Å². The van der Waals surface area contributed by atoms with E-state index in [1.165, 1.54) is 16.7 Å². The van der Waals surface area contributed by atoms with Crippen LogP contribution in [0.1, 0.15) is 63.3 Å². The molecule has 174 valence electrons. The van der Waals surface area contributed by atoms with E-state index in [4.69, 9.17) is 9.73 Å². The number of benzene rings is 3. The zero-order valence-corrected chi connectivity index (χ0v) is 20.7. The number of amides is 1. The Kier molecular flexibility index (Phi) is 5.35. The molecule has 3 aromatic rings. The molecule has 0 aromatic heterocycles. The number of ether oxygens (including phenoxy) is 1. The molecule has 0 spiro atoms. The number of rotatable bonds is 4. The number of aliphatic imine (C=N–C) groups is 1. The van der Waals surface area contributed by atoms with Crippen molar-refractivity contribution in [3.05, 3.63) is 82.9 Å². The molecule has 0 bridgehead atoms. The molecule has 1 amide bonds. The zero-order valence-electron chi connectivity index (χ0n) is 20.7. The molecular weight excluding hydrogens is 420 g/mol. The standard InChI is InChI=1S/C30H32N2O2/c1-6-26(33)32-22-12-10-19(11-13-22)20-8-7-9-21(16-20)28-27-23-17-30(4,5)34-25(23)15-14-24(27)29(2,3)18-31-28/h7-16H,6,17-18H2,1-5H3,(H,32,33). The van der Waals surface area contributed by atoms with Crippen LogP contribution in [-0.4, -0.2) is 23.8 Å². The second-order valence-electron chi connectivity index (χ2n) is 10.6. The molecule has 4 heteroatoms. The van der Waals surface area contributed by atoms with E-state index in [1.54, 1.807) is 0 Å². The van der Waals surface area contributed by atoms with Crippen molar-refractivity contribution in [1.82, 2.24) is 0 Å². The average molecular weight is 453 g/mol. The van der Waals surface area contributed by atoms with Gasteiger partial charge in [0.15, 0.2) is 0 Å². The Labute approximate surface area is 202 Å². The fraction of sp³-hybridized carbons (Fsp3) is 0.333. The van der Waals surface area contributed by atoms with Gasteiger partial charge in [0.1, 0.15) is 11.4 Å². The SMILES string of the molecule is CCC(=O)Nc1ccc(-c2cccc(C3=NCC(C)(C)c4ccc5c(c43)CC(C)(C)O5)c2)cc1. The third-order valence-electron chi connectivity index (χ3n) is 6.82. The summed E-state index contributed by atoms with van der Waals surface area (Å²) in [5.74, 6) is 1.00. The van der Waals surface area contributed by atoms with Crippen molar-refractivity contribution in [2.24, 2.45) is 4.99 Å². The molecule has 0 aliphatic carbocycles. The van der Waals surface area contributed by atoms with Crippen molar-refractivity contribution in [3.63, 3.8) is 0 Å². The van der Waals surface area contributed by atoms with Crippen molar-refractivity contribution in [2.75, 3.05) is 11.9 Å². The van der Waals surface area contributed by atoms with Gasteiger partial charge in [0.25, 0.3) is 0 Å². The molecular formula is C30H32N2O2. The van der Waals surface area contributed by atoms with Crippen molar-refractivity contribution < 1.29 is 9.53 Å². The van der Waals surface area contributed by atoms with Crippen LogP contribution < -0.4 is 10.1 Å². The number of carbonyl (C=O) groups is 1. The van der Waals surface area contributed by atoms with E-state index in [0.717, 1.165) is 46.8 Å². The summed E-state index contributed by atoms with van der Waals surface area (Å²) in [6, 6.07) is 21.0. The molecule has 2 aliphatic rings. The van der Waals surface area contributed by atoms with E-state index in [9.17, 15) is 4.79 Å². The Morgan fingerprint density at radius 2 is 1.71 bits per heavy atom. The lowest BCUT2D eigenvalue weighted by Crippen LogP contribution is -2.31. The predicted molar refractivity (Wildman–Crippen MR) is 139 cm³/mol. The summed E-state index contributed by atoms with van der Waals surface area (Å²) in [7, 11) is 0. The van der Waals surface area contributed by atoms with Crippen molar-refractivity contribution >= 4 is 17.3 Å². The summed E-state index contributed by atoms with van der Waals surface area (Å²) < 4.78 is 6.27. The van der Waals surface area contributed by atoms with Crippen molar-refractivity contribution in [1.29, 1.82) is 0 Å². The molecule has 4 nitrogen and oxygen atoms in total. The van der Waals surface area contributed by atoms with Crippen LogP contribution in [0, 0.1) is 0 Å². The highest BCUT2D eigenvalue weighted by atomic mass is 16.5. The first-order valence-electron chi connectivity index (χ1n) is 12.1. The van der Waals surface area contributed by atoms with Gasteiger partial charge >= 0.3 is 0 Å². The molecule has 0 unspecified atom stereocenters. The maximum atomic E-state index is 11.7. The molecule has 0 atom stereocenters. The smallest absolute Gasteiger partial charge is 0.224 e. The predicted octanol–water partition coefficient (Wildman–Crippen LogP) is 6.54. The lowest BCUT2D eigenvalue weighted by atomic mass is 9.75. The topological polar surface area (TPSA) is 50.7 Å². The normalized spacial score (nSPS) is 17.3. The van der Waals surface area contributed by atoms with Crippen LogP contribution in [0.3, 0.4) is 0 Å². The Bertz CT molecular complexity index is 1300. The highest BCUT2D eigenvalue weighted by Gasteiger charge is 2.38. The summed E-state index contributed by atoms with van der Waals surface area (Å²) >= 11 is 0. The van der Waals surface area contributed by atoms with Crippen LogP contribution in [0.5, 0.6) is 5.75 Å². The van der Waals surface area contributed by atoms with Gasteiger partial charge in [0.2, 0.25) is 5.91 Å². The van der Waals surface area contributed by atoms with Gasteiger partial charge in [-0.05, 0) is 54.8 Å². The zero-order chi connectivity index (χ0) is 24.1. The number of carbonyl (C=O) groups excluding carboxylic acids is 1. The summed E-state index contributed by atoms with van der Waals surface area (Å²) in [5, 5.41) is 2.91. The molecule has 0 saturated heterocycles. The third kappa shape index (κ3) is 4.02. The first-order valence-corrected chi connectivity index (χ1v) is 12.1. The minimum atomic E-state index is -0.207. The van der Waals surface area contributed by atoms with E-state index in [-0.39, 0.29) is 16.9 Å². The molecule has 0 saturated carbocycles. The van der Waals surface area contributed by atoms with Gasteiger partial charge in [-0.25, -0.2) is 0 Å². The van der Waals surface area contributed by atoms with Crippen LogP contribution in [0.25, 0.3) is 11.1 Å². The minimum absolute atomic E-state index is 0.0169. The largest absolute Gasteiger partial charge is 0.487 e. The Morgan fingerprint density at radius 1 is 0.971 bits per heavy atom. The lowest BCUT2D eigenvalue weighted by Gasteiger charge is -2.32. The molecule has 0 fully saturated rings. The van der Waals surface area contributed by atoms with Gasteiger partial charge in [-0.3, -0.25) is 9.79 Å². The molecule has 2 heterocycles. The van der Waals surface area contributed by atoms with Gasteiger partial charge < -0.3 is 10.1 Å². The molecule has 0 radical (unpaired) electrons. The van der Waals surface area contributed by atoms with Gasteiger partial charge in [-0.1, -0.05) is 57.2 Å². The van der Waals surface area contributed by atoms with Crippen molar-refractivity contribution in [3.8, 4) is 16.9 Å². The van der Waals surface area contributed by atoms with E-state index in [1.807, 2.05) is 19.1 Å². The summed E-state index contributed by atoms with van der Waals surface area (Å²) in [5.41, 5.74) is 8.87. The molecule has 5 rings (SSSR count). The monoisotopic (exact) mass is 452 g/mol. The number of anilines is 1. The lowest BCUT2D eigenvalue weighted by molar-refractivity contribution is -0.115. The third-order valence-corrected chi connectivity index (χ3v) is 6.82. The second kappa shape index (κ2) is 8.12. The molecule has 1 N–H and O–H groups in total. The fourth-order valence-corrected chi connectivity index (χ4v) is 5.01. The van der Waals surface area contributed by atoms with Gasteiger partial charge in [-0.2, -0.15) is 0 Å². The fourth-order valence-electron chi connectivity index (χ4n) is 5.01. The number of nitrogens with zero attached hydrogens (tertiary/aromatic N) is 1. The second-order valence-corrected chi connectivity index (χ2v) is 10.6. The average Bonchev–Trinajstić information content (AvgIpc) is 3.13. The number of nitrogens with one attached hydrogen (secondary N) is 1. The maximum Gasteiger partial charge on any atom is 0.224 e. The van der Waals surface area contributed by atoms with Crippen LogP contribution in [0.4, 0.5) is 5.69 Å². The van der Waals surface area contributed by atoms with Crippen LogP contribution in [0.2, 0.25) is 0 Å². The van der Waals surface area contributed by atoms with Gasteiger partial charge in [-0.15, -0.1) is 0 Å². The summed E-state index contributed by atoms with van der Waals surface area (Å²) in [4.78, 5) is 16.8. The first kappa shape index (κ1) is 22.4. The van der Waals surface area contributed by atoms with Gasteiger partial charge in [0.05, 0.1) is 5.71 Å². The Morgan fingerprint density at radius 3 is 2.44 bits per heavy atom.